The Hall–Kier alpha value is -1.91. The molecule has 3 nitrogen and oxygen atoms in total. The quantitative estimate of drug-likeness (QED) is 0.350. The summed E-state index contributed by atoms with van der Waals surface area (Å²) in [6.45, 7) is 24.1. The average molecular weight is 618 g/mol. The van der Waals surface area contributed by atoms with E-state index in [9.17, 15) is 0 Å². The van der Waals surface area contributed by atoms with Crippen LogP contribution in [-0.4, -0.2) is 16.4 Å². The van der Waals surface area contributed by atoms with Gasteiger partial charge in [-0.2, -0.15) is 0 Å². The number of para-hydroxylation sites is 2. The van der Waals surface area contributed by atoms with Crippen LogP contribution in [0.2, 0.25) is 0 Å². The van der Waals surface area contributed by atoms with Crippen molar-refractivity contribution in [2.45, 2.75) is 99.8 Å². The molecule has 0 aliphatic rings. The summed E-state index contributed by atoms with van der Waals surface area (Å²) in [5.41, 5.74) is 12.1. The number of aromatic nitrogens is 1. The molecule has 3 aromatic rings. The van der Waals surface area contributed by atoms with E-state index in [0.717, 1.165) is 39.7 Å². The number of benzene rings is 2. The van der Waals surface area contributed by atoms with Crippen molar-refractivity contribution in [3.8, 4) is 0 Å². The third-order valence-corrected chi connectivity index (χ3v) is 6.95. The molecule has 6 heteroatoms. The van der Waals surface area contributed by atoms with E-state index < -0.39 is 0 Å². The Labute approximate surface area is 267 Å². The van der Waals surface area contributed by atoms with Gasteiger partial charge < -0.3 is 24.8 Å². The van der Waals surface area contributed by atoms with E-state index in [2.05, 4.69) is 125 Å². The zero-order valence-corrected chi connectivity index (χ0v) is 28.9. The predicted octanol–water partition coefficient (Wildman–Crippen LogP) is 4.17. The number of hydrogen-bond acceptors (Lipinski definition) is 3. The molecule has 0 N–H and O–H groups in total. The molecule has 0 saturated heterocycles. The Morgan fingerprint density at radius 1 is 0.575 bits per heavy atom. The topological polar surface area (TPSA) is 37.6 Å². The third-order valence-electron chi connectivity index (χ3n) is 6.95. The number of hydrogen-bond donors (Lipinski definition) is 0. The van der Waals surface area contributed by atoms with Crippen LogP contribution in [-0.2, 0) is 18.6 Å². The van der Waals surface area contributed by atoms with Gasteiger partial charge in [-0.25, -0.2) is 4.98 Å². The van der Waals surface area contributed by atoms with E-state index in [0.29, 0.717) is 23.7 Å². The van der Waals surface area contributed by atoms with Gasteiger partial charge in [0.05, 0.1) is 34.2 Å². The largest absolute Gasteiger partial charge is 2.00 e. The molecular weight excluding hydrogens is 572 g/mol. The Balaban J connectivity index is 0.00000507. The van der Waals surface area contributed by atoms with Gasteiger partial charge in [-0.05, 0) is 84.4 Å². The van der Waals surface area contributed by atoms with E-state index in [1.807, 2.05) is 0 Å². The van der Waals surface area contributed by atoms with Crippen molar-refractivity contribution in [1.82, 2.24) is 4.98 Å². The van der Waals surface area contributed by atoms with Gasteiger partial charge in [0.25, 0.3) is 0 Å². The molecule has 215 valence electrons. The maximum absolute atomic E-state index is 5.19. The van der Waals surface area contributed by atoms with Gasteiger partial charge in [-0.1, -0.05) is 91.8 Å². The second-order valence-corrected chi connectivity index (χ2v) is 11.5. The summed E-state index contributed by atoms with van der Waals surface area (Å²) in [5, 5.41) is 0. The van der Waals surface area contributed by atoms with Crippen molar-refractivity contribution >= 4 is 22.8 Å². The Bertz CT molecular complexity index is 1170. The van der Waals surface area contributed by atoms with Crippen molar-refractivity contribution in [3.05, 3.63) is 87.7 Å². The summed E-state index contributed by atoms with van der Waals surface area (Å²) in [6.07, 6.45) is 0. The zero-order chi connectivity index (χ0) is 27.4. The van der Waals surface area contributed by atoms with Gasteiger partial charge in [-0.3, -0.25) is 9.98 Å². The smallest absolute Gasteiger partial charge is 1.00 e. The number of aryl methyl sites for hydroxylation is 1. The zero-order valence-electron chi connectivity index (χ0n) is 26.0. The Kier molecular flexibility index (Phi) is 15.7. The second kappa shape index (κ2) is 16.5. The van der Waals surface area contributed by atoms with Crippen LogP contribution in [0.25, 0.3) is 0 Å². The minimum Gasteiger partial charge on any atom is -1.00 e. The normalized spacial score (nSPS) is 12.0. The predicted molar refractivity (Wildman–Crippen MR) is 162 cm³/mol. The van der Waals surface area contributed by atoms with Gasteiger partial charge in [0, 0.05) is 0 Å². The summed E-state index contributed by atoms with van der Waals surface area (Å²) < 4.78 is 0. The molecule has 0 spiro atoms. The fraction of sp³-hybridized carbons (Fsp3) is 0.441. The Morgan fingerprint density at radius 3 is 1.10 bits per heavy atom. The number of rotatable bonds is 8. The van der Waals surface area contributed by atoms with Crippen LogP contribution in [0.1, 0.15) is 132 Å². The number of nitrogens with zero attached hydrogens (tertiary/aromatic N) is 3. The van der Waals surface area contributed by atoms with Gasteiger partial charge in [0.1, 0.15) is 0 Å². The van der Waals surface area contributed by atoms with E-state index in [-0.39, 0.29) is 43.4 Å². The summed E-state index contributed by atoms with van der Waals surface area (Å²) in [7, 11) is 0. The number of aliphatic imine (C=N–C) groups is 2. The first kappa shape index (κ1) is 38.1. The van der Waals surface area contributed by atoms with Crippen LogP contribution in [0.15, 0.2) is 58.5 Å². The third kappa shape index (κ3) is 9.05. The number of halogens is 2. The molecule has 1 heterocycles. The number of pyridine rings is 1. The van der Waals surface area contributed by atoms with Gasteiger partial charge in [0.15, 0.2) is 0 Å². The van der Waals surface area contributed by atoms with Crippen molar-refractivity contribution in [1.29, 1.82) is 0 Å². The first-order valence-electron chi connectivity index (χ1n) is 13.8. The molecule has 0 saturated carbocycles. The van der Waals surface area contributed by atoms with Crippen molar-refractivity contribution in [2.24, 2.45) is 9.98 Å². The maximum Gasteiger partial charge on any atom is 2.00 e. The van der Waals surface area contributed by atoms with Gasteiger partial charge in [-0.15, -0.1) is 0 Å². The summed E-state index contributed by atoms with van der Waals surface area (Å²) in [5.74, 6) is 1.60. The molecule has 1 radical (unpaired) electrons. The monoisotopic (exact) mass is 616 g/mol. The Morgan fingerprint density at radius 2 is 0.850 bits per heavy atom. The molecule has 1 aromatic heterocycles. The molecule has 0 aliphatic carbocycles. The first-order chi connectivity index (χ1) is 17.4. The fourth-order valence-corrected chi connectivity index (χ4v) is 4.77. The molecule has 2 aromatic carbocycles. The molecule has 0 fully saturated rings. The standard InChI is InChI=1S/C34H45N3.2ClH.V/c1-20(2)27-14-12-15-28(21(3)4)33(27)35-25(10)31-18-24(9)19-32(37-31)26(11)36-34-29(22(5)6)16-13-17-30(34)23(7)8;;;/h12-23H,1-11H3;2*1H;/q;;;+2/p-2. The van der Waals surface area contributed by atoms with E-state index in [1.165, 1.54) is 22.3 Å². The SMILES string of the molecule is CC(=Nc1c(C(C)C)cccc1C(C)C)c1cc(C)cc(C(C)=Nc2c(C(C)C)cccc2C(C)C)n1.[Cl-].[Cl-].[V+2]. The van der Waals surface area contributed by atoms with E-state index >= 15 is 0 Å². The molecule has 0 bridgehead atoms. The van der Waals surface area contributed by atoms with Crippen LogP contribution >= 0.6 is 0 Å². The average Bonchev–Trinajstić information content (AvgIpc) is 2.83. The van der Waals surface area contributed by atoms with Crippen LogP contribution in [0, 0.1) is 6.92 Å². The molecular formula is C34H45Cl2N3V. The van der Waals surface area contributed by atoms with Crippen molar-refractivity contribution in [3.63, 3.8) is 0 Å². The van der Waals surface area contributed by atoms with Crippen LogP contribution < -0.4 is 24.8 Å². The molecule has 0 amide bonds. The minimum atomic E-state index is 0. The fourth-order valence-electron chi connectivity index (χ4n) is 4.77. The molecule has 0 atom stereocenters. The molecule has 0 unspecified atom stereocenters. The van der Waals surface area contributed by atoms with E-state index in [4.69, 9.17) is 15.0 Å². The summed E-state index contributed by atoms with van der Waals surface area (Å²) in [4.78, 5) is 15.4. The van der Waals surface area contributed by atoms with Crippen LogP contribution in [0.4, 0.5) is 11.4 Å². The molecule has 40 heavy (non-hydrogen) atoms. The molecule has 0 aliphatic heterocycles. The van der Waals surface area contributed by atoms with E-state index in [1.54, 1.807) is 0 Å². The van der Waals surface area contributed by atoms with Crippen molar-refractivity contribution in [2.75, 3.05) is 0 Å². The minimum absolute atomic E-state index is 0. The van der Waals surface area contributed by atoms with Crippen LogP contribution in [0.3, 0.4) is 0 Å². The molecule has 3 rings (SSSR count). The van der Waals surface area contributed by atoms with Crippen molar-refractivity contribution < 1.29 is 43.4 Å². The van der Waals surface area contributed by atoms with Crippen LogP contribution in [0.5, 0.6) is 0 Å². The second-order valence-electron chi connectivity index (χ2n) is 11.5. The summed E-state index contributed by atoms with van der Waals surface area (Å²) in [6, 6.07) is 17.4. The van der Waals surface area contributed by atoms with Gasteiger partial charge >= 0.3 is 18.6 Å². The first-order valence-corrected chi connectivity index (χ1v) is 13.8. The van der Waals surface area contributed by atoms with Gasteiger partial charge in [0.2, 0.25) is 0 Å². The maximum atomic E-state index is 5.19. The summed E-state index contributed by atoms with van der Waals surface area (Å²) >= 11 is 0.